The first-order valence-corrected chi connectivity index (χ1v) is 5.59. The van der Waals surface area contributed by atoms with E-state index >= 15 is 0 Å². The third-order valence-corrected chi connectivity index (χ3v) is 2.59. The van der Waals surface area contributed by atoms with Crippen molar-refractivity contribution in [1.82, 2.24) is 10.3 Å². The maximum atomic E-state index is 12.3. The highest BCUT2D eigenvalue weighted by Gasteiger charge is 2.32. The zero-order valence-corrected chi connectivity index (χ0v) is 10.8. The first kappa shape index (κ1) is 15.9. The highest BCUT2D eigenvalue weighted by atomic mass is 19.4. The van der Waals surface area contributed by atoms with Gasteiger partial charge in [0.25, 0.3) is 5.91 Å². The van der Waals surface area contributed by atoms with Gasteiger partial charge in [-0.25, -0.2) is 0 Å². The fraction of sp³-hybridized carbons (Fsp3) is 0.417. The van der Waals surface area contributed by atoms with Crippen molar-refractivity contribution < 1.29 is 27.9 Å². The second-order valence-electron chi connectivity index (χ2n) is 4.80. The van der Waals surface area contributed by atoms with Gasteiger partial charge in [0.05, 0.1) is 11.0 Å². The molecule has 0 unspecified atom stereocenters. The Bertz CT molecular complexity index is 510. The number of alkyl halides is 3. The number of carbonyl (C=O) groups excluding carboxylic acids is 1. The normalized spacial score (nSPS) is 12.1. The maximum absolute atomic E-state index is 12.3. The van der Waals surface area contributed by atoms with Gasteiger partial charge in [0.15, 0.2) is 0 Å². The number of nitrogens with one attached hydrogen (secondary N) is 1. The molecule has 2 N–H and O–H groups in total. The van der Waals surface area contributed by atoms with Crippen molar-refractivity contribution in [2.24, 2.45) is 5.41 Å². The predicted octanol–water partition coefficient (Wildman–Crippen LogP) is 1.94. The Morgan fingerprint density at radius 1 is 1.30 bits per heavy atom. The number of carboxylic acids is 1. The van der Waals surface area contributed by atoms with Crippen LogP contribution in [-0.2, 0) is 11.0 Å². The van der Waals surface area contributed by atoms with E-state index in [0.717, 1.165) is 12.3 Å². The quantitative estimate of drug-likeness (QED) is 0.888. The third-order valence-electron chi connectivity index (χ3n) is 2.59. The topological polar surface area (TPSA) is 79.3 Å². The molecule has 1 rings (SSSR count). The third kappa shape index (κ3) is 3.94. The first-order valence-electron chi connectivity index (χ1n) is 5.59. The van der Waals surface area contributed by atoms with Crippen molar-refractivity contribution in [3.05, 3.63) is 29.6 Å². The van der Waals surface area contributed by atoms with Gasteiger partial charge in [-0.05, 0) is 26.0 Å². The smallest absolute Gasteiger partial charge is 0.433 e. The van der Waals surface area contributed by atoms with Gasteiger partial charge < -0.3 is 10.4 Å². The van der Waals surface area contributed by atoms with Crippen LogP contribution < -0.4 is 5.32 Å². The van der Waals surface area contributed by atoms with Crippen molar-refractivity contribution in [2.45, 2.75) is 20.0 Å². The molecule has 1 heterocycles. The number of hydrogen-bond donors (Lipinski definition) is 2. The van der Waals surface area contributed by atoms with E-state index < -0.39 is 29.2 Å². The van der Waals surface area contributed by atoms with Crippen LogP contribution in [0.15, 0.2) is 18.3 Å². The van der Waals surface area contributed by atoms with Crippen LogP contribution >= 0.6 is 0 Å². The molecule has 1 amide bonds. The molecular formula is C12H13F3N2O3. The largest absolute Gasteiger partial charge is 0.481 e. The van der Waals surface area contributed by atoms with Gasteiger partial charge in [-0.2, -0.15) is 13.2 Å². The highest BCUT2D eigenvalue weighted by Crippen LogP contribution is 2.27. The summed E-state index contributed by atoms with van der Waals surface area (Å²) in [5, 5.41) is 11.2. The first-order chi connectivity index (χ1) is 9.04. The average Bonchev–Trinajstić information content (AvgIpc) is 2.35. The van der Waals surface area contributed by atoms with E-state index in [1.54, 1.807) is 0 Å². The van der Waals surface area contributed by atoms with E-state index in [-0.39, 0.29) is 12.1 Å². The second-order valence-corrected chi connectivity index (χ2v) is 4.80. The zero-order chi connectivity index (χ0) is 15.6. The van der Waals surface area contributed by atoms with Crippen LogP contribution in [0.3, 0.4) is 0 Å². The molecule has 1 aromatic rings. The van der Waals surface area contributed by atoms with Crippen molar-refractivity contribution in [2.75, 3.05) is 6.54 Å². The van der Waals surface area contributed by atoms with Gasteiger partial charge in [0, 0.05) is 12.7 Å². The Hall–Kier alpha value is -2.12. The summed E-state index contributed by atoms with van der Waals surface area (Å²) in [6, 6.07) is 1.68. The van der Waals surface area contributed by atoms with Crippen LogP contribution in [0.25, 0.3) is 0 Å². The molecule has 0 aliphatic carbocycles. The van der Waals surface area contributed by atoms with Gasteiger partial charge in [0.1, 0.15) is 5.69 Å². The average molecular weight is 290 g/mol. The number of halogens is 3. The van der Waals surface area contributed by atoms with Crippen LogP contribution in [0, 0.1) is 5.41 Å². The van der Waals surface area contributed by atoms with Crippen molar-refractivity contribution in [3.8, 4) is 0 Å². The number of pyridine rings is 1. The Balaban J connectivity index is 2.72. The predicted molar refractivity (Wildman–Crippen MR) is 63.0 cm³/mol. The molecule has 110 valence electrons. The van der Waals surface area contributed by atoms with Gasteiger partial charge in [0.2, 0.25) is 0 Å². The number of hydrogen-bond acceptors (Lipinski definition) is 3. The summed E-state index contributed by atoms with van der Waals surface area (Å²) >= 11 is 0. The molecule has 0 aromatic carbocycles. The van der Waals surface area contributed by atoms with Gasteiger partial charge >= 0.3 is 12.1 Å². The Labute approximate surface area is 112 Å². The molecule has 0 aliphatic heterocycles. The lowest BCUT2D eigenvalue weighted by molar-refractivity contribution is -0.146. The number of rotatable bonds is 4. The molecule has 0 saturated heterocycles. The van der Waals surface area contributed by atoms with Gasteiger partial charge in [-0.15, -0.1) is 0 Å². The summed E-state index contributed by atoms with van der Waals surface area (Å²) in [4.78, 5) is 25.6. The molecule has 0 saturated carbocycles. The monoisotopic (exact) mass is 290 g/mol. The van der Waals surface area contributed by atoms with Crippen molar-refractivity contribution in [3.63, 3.8) is 0 Å². The van der Waals surface area contributed by atoms with E-state index in [1.165, 1.54) is 13.8 Å². The van der Waals surface area contributed by atoms with Crippen LogP contribution in [0.4, 0.5) is 13.2 Å². The fourth-order valence-corrected chi connectivity index (χ4v) is 1.17. The summed E-state index contributed by atoms with van der Waals surface area (Å²) in [7, 11) is 0. The van der Waals surface area contributed by atoms with Crippen LogP contribution in [0.5, 0.6) is 0 Å². The molecule has 1 aromatic heterocycles. The van der Waals surface area contributed by atoms with E-state index in [0.29, 0.717) is 6.07 Å². The molecule has 0 radical (unpaired) electrons. The standard InChI is InChI=1S/C12H13F3N2O3/c1-11(2,10(19)20)6-17-9(18)7-3-4-8(16-5-7)12(13,14)15/h3-5H,6H2,1-2H3,(H,17,18)(H,19,20). The molecule has 20 heavy (non-hydrogen) atoms. The number of aliphatic carboxylic acids is 1. The number of aromatic nitrogens is 1. The molecular weight excluding hydrogens is 277 g/mol. The van der Waals surface area contributed by atoms with Crippen molar-refractivity contribution >= 4 is 11.9 Å². The minimum Gasteiger partial charge on any atom is -0.481 e. The van der Waals surface area contributed by atoms with Gasteiger partial charge in [-0.1, -0.05) is 0 Å². The molecule has 0 aliphatic rings. The minimum absolute atomic E-state index is 0.0702. The lowest BCUT2D eigenvalue weighted by Gasteiger charge is -2.19. The van der Waals surface area contributed by atoms with E-state index in [1.807, 2.05) is 0 Å². The maximum Gasteiger partial charge on any atom is 0.433 e. The summed E-state index contributed by atoms with van der Waals surface area (Å²) in [5.41, 5.74) is -2.34. The number of carboxylic acid groups (broad SMARTS) is 1. The summed E-state index contributed by atoms with van der Waals surface area (Å²) < 4.78 is 36.9. The Kier molecular flexibility index (Phi) is 4.36. The minimum atomic E-state index is -4.57. The Morgan fingerprint density at radius 3 is 2.30 bits per heavy atom. The number of carbonyl (C=O) groups is 2. The fourth-order valence-electron chi connectivity index (χ4n) is 1.17. The summed E-state index contributed by atoms with van der Waals surface area (Å²) in [5.74, 6) is -1.77. The summed E-state index contributed by atoms with van der Waals surface area (Å²) in [6.07, 6.45) is -3.77. The van der Waals surface area contributed by atoms with Crippen molar-refractivity contribution in [1.29, 1.82) is 0 Å². The molecule has 0 spiro atoms. The molecule has 0 fully saturated rings. The summed E-state index contributed by atoms with van der Waals surface area (Å²) in [6.45, 7) is 2.68. The number of amides is 1. The highest BCUT2D eigenvalue weighted by molar-refractivity contribution is 5.94. The van der Waals surface area contributed by atoms with E-state index in [9.17, 15) is 22.8 Å². The molecule has 0 atom stereocenters. The van der Waals surface area contributed by atoms with E-state index in [4.69, 9.17) is 5.11 Å². The second kappa shape index (κ2) is 5.48. The SMILES string of the molecule is CC(C)(CNC(=O)c1ccc(C(F)(F)F)nc1)C(=O)O. The molecule has 0 bridgehead atoms. The molecule has 8 heteroatoms. The lowest BCUT2D eigenvalue weighted by atomic mass is 9.94. The van der Waals surface area contributed by atoms with Crippen LogP contribution in [0.2, 0.25) is 0 Å². The molecule has 5 nitrogen and oxygen atoms in total. The Morgan fingerprint density at radius 2 is 1.90 bits per heavy atom. The van der Waals surface area contributed by atoms with Crippen LogP contribution in [-0.4, -0.2) is 28.5 Å². The van der Waals surface area contributed by atoms with Crippen LogP contribution in [0.1, 0.15) is 29.9 Å². The van der Waals surface area contributed by atoms with E-state index in [2.05, 4.69) is 10.3 Å². The number of nitrogens with zero attached hydrogens (tertiary/aromatic N) is 1. The zero-order valence-electron chi connectivity index (χ0n) is 10.8. The lowest BCUT2D eigenvalue weighted by Crippen LogP contribution is -2.38. The van der Waals surface area contributed by atoms with Gasteiger partial charge in [-0.3, -0.25) is 14.6 Å².